The number of hydrogen-bond donors (Lipinski definition) is 2. The molecule has 0 bridgehead atoms. The Morgan fingerprint density at radius 3 is 2.43 bits per heavy atom. The first kappa shape index (κ1) is 14.8. The molecule has 2 aromatic rings. The van der Waals surface area contributed by atoms with Crippen LogP contribution in [0.4, 0.5) is 10.1 Å². The van der Waals surface area contributed by atoms with Gasteiger partial charge >= 0.3 is 5.97 Å². The lowest BCUT2D eigenvalue weighted by molar-refractivity contribution is -0.142. The summed E-state index contributed by atoms with van der Waals surface area (Å²) in [6.07, 6.45) is 0. The second kappa shape index (κ2) is 5.83. The van der Waals surface area contributed by atoms with Crippen LogP contribution in [0.5, 0.6) is 5.75 Å². The fourth-order valence-corrected chi connectivity index (χ4v) is 2.13. The molecule has 5 heteroatoms. The third kappa shape index (κ3) is 2.81. The largest absolute Gasteiger partial charge is 0.496 e. The Kier molecular flexibility index (Phi) is 4.12. The molecule has 4 nitrogen and oxygen atoms in total. The predicted molar refractivity (Wildman–Crippen MR) is 78.0 cm³/mol. The number of anilines is 1. The number of hydrogen-bond acceptors (Lipinski definition) is 3. The summed E-state index contributed by atoms with van der Waals surface area (Å²) < 4.78 is 19.0. The van der Waals surface area contributed by atoms with Crippen LogP contribution in [-0.2, 0) is 10.3 Å². The summed E-state index contributed by atoms with van der Waals surface area (Å²) in [5.41, 5.74) is -0.981. The number of carbonyl (C=O) groups is 1. The van der Waals surface area contributed by atoms with Gasteiger partial charge in [0, 0.05) is 5.56 Å². The van der Waals surface area contributed by atoms with Crippen molar-refractivity contribution < 1.29 is 19.0 Å². The van der Waals surface area contributed by atoms with Gasteiger partial charge in [0.05, 0.1) is 12.8 Å². The number of carboxylic acids is 1. The topological polar surface area (TPSA) is 58.6 Å². The van der Waals surface area contributed by atoms with Gasteiger partial charge in [-0.1, -0.05) is 30.3 Å². The maximum atomic E-state index is 13.8. The molecule has 2 aromatic carbocycles. The Labute approximate surface area is 122 Å². The van der Waals surface area contributed by atoms with Gasteiger partial charge in [0.1, 0.15) is 11.6 Å². The van der Waals surface area contributed by atoms with Crippen LogP contribution in [0.3, 0.4) is 0 Å². The Balaban J connectivity index is 2.51. The number of para-hydroxylation sites is 2. The highest BCUT2D eigenvalue weighted by molar-refractivity contribution is 5.85. The first-order valence-corrected chi connectivity index (χ1v) is 6.38. The number of benzene rings is 2. The molecule has 1 atom stereocenters. The minimum Gasteiger partial charge on any atom is -0.496 e. The van der Waals surface area contributed by atoms with E-state index in [0.717, 1.165) is 0 Å². The molecule has 0 saturated heterocycles. The van der Waals surface area contributed by atoms with E-state index in [1.807, 2.05) is 0 Å². The number of carboxylic acid groups (broad SMARTS) is 1. The number of methoxy groups -OCH3 is 1. The van der Waals surface area contributed by atoms with Crippen molar-refractivity contribution in [1.82, 2.24) is 0 Å². The quantitative estimate of drug-likeness (QED) is 0.887. The van der Waals surface area contributed by atoms with E-state index in [1.165, 1.54) is 26.2 Å². The first-order valence-electron chi connectivity index (χ1n) is 6.38. The molecule has 21 heavy (non-hydrogen) atoms. The zero-order chi connectivity index (χ0) is 15.5. The van der Waals surface area contributed by atoms with Crippen LogP contribution < -0.4 is 10.1 Å². The molecule has 110 valence electrons. The van der Waals surface area contributed by atoms with Gasteiger partial charge in [0.15, 0.2) is 5.54 Å². The lowest BCUT2D eigenvalue weighted by atomic mass is 9.90. The van der Waals surface area contributed by atoms with E-state index in [2.05, 4.69) is 5.32 Å². The second-order valence-electron chi connectivity index (χ2n) is 4.74. The molecule has 0 radical (unpaired) electrons. The molecule has 0 saturated carbocycles. The molecule has 0 heterocycles. The Morgan fingerprint density at radius 2 is 1.81 bits per heavy atom. The van der Waals surface area contributed by atoms with E-state index >= 15 is 0 Å². The monoisotopic (exact) mass is 289 g/mol. The van der Waals surface area contributed by atoms with Gasteiger partial charge < -0.3 is 15.2 Å². The number of aliphatic carboxylic acids is 1. The minimum absolute atomic E-state index is 0.119. The number of rotatable bonds is 5. The predicted octanol–water partition coefficient (Wildman–Crippen LogP) is 3.25. The van der Waals surface area contributed by atoms with E-state index in [4.69, 9.17) is 4.74 Å². The second-order valence-corrected chi connectivity index (χ2v) is 4.74. The number of ether oxygens (including phenoxy) is 1. The molecule has 0 aliphatic rings. The van der Waals surface area contributed by atoms with Crippen LogP contribution in [0.2, 0.25) is 0 Å². The molecule has 0 aromatic heterocycles. The number of halogens is 1. The minimum atomic E-state index is -1.52. The molecule has 0 aliphatic heterocycles. The highest BCUT2D eigenvalue weighted by Gasteiger charge is 2.38. The van der Waals surface area contributed by atoms with Gasteiger partial charge in [0.25, 0.3) is 0 Å². The maximum Gasteiger partial charge on any atom is 0.333 e. The molecule has 0 amide bonds. The van der Waals surface area contributed by atoms with Crippen LogP contribution in [0.1, 0.15) is 12.5 Å². The zero-order valence-corrected chi connectivity index (χ0v) is 11.8. The lowest BCUT2D eigenvalue weighted by Gasteiger charge is -2.29. The van der Waals surface area contributed by atoms with Gasteiger partial charge in [-0.15, -0.1) is 0 Å². The summed E-state index contributed by atoms with van der Waals surface area (Å²) in [5, 5.41) is 12.4. The van der Waals surface area contributed by atoms with Crippen LogP contribution in [0, 0.1) is 5.82 Å². The van der Waals surface area contributed by atoms with Crippen molar-refractivity contribution in [3.8, 4) is 5.75 Å². The summed E-state index contributed by atoms with van der Waals surface area (Å²) in [6.45, 7) is 1.47. The normalized spacial score (nSPS) is 13.3. The molecular weight excluding hydrogens is 273 g/mol. The van der Waals surface area contributed by atoms with Crippen LogP contribution in [0.25, 0.3) is 0 Å². The van der Waals surface area contributed by atoms with Crippen molar-refractivity contribution in [3.05, 3.63) is 59.9 Å². The van der Waals surface area contributed by atoms with E-state index < -0.39 is 17.3 Å². The standard InChI is InChI=1S/C16H16FNO3/c1-16(15(19)20,11-7-3-6-10-14(11)21-2)18-13-9-5-4-8-12(13)17/h3-10,18H,1-2H3,(H,19,20). The molecular formula is C16H16FNO3. The molecule has 0 spiro atoms. The average molecular weight is 289 g/mol. The zero-order valence-electron chi connectivity index (χ0n) is 11.8. The van der Waals surface area contributed by atoms with Crippen molar-refractivity contribution in [2.24, 2.45) is 0 Å². The van der Waals surface area contributed by atoms with Gasteiger partial charge in [0.2, 0.25) is 0 Å². The van der Waals surface area contributed by atoms with E-state index in [1.54, 1.807) is 36.4 Å². The van der Waals surface area contributed by atoms with Crippen molar-refractivity contribution >= 4 is 11.7 Å². The molecule has 1 unspecified atom stereocenters. The maximum absolute atomic E-state index is 13.8. The van der Waals surface area contributed by atoms with E-state index in [9.17, 15) is 14.3 Å². The van der Waals surface area contributed by atoms with Crippen LogP contribution in [-0.4, -0.2) is 18.2 Å². The number of nitrogens with one attached hydrogen (secondary N) is 1. The summed E-state index contributed by atoms with van der Waals surface area (Å²) in [5.74, 6) is -1.22. The lowest BCUT2D eigenvalue weighted by Crippen LogP contribution is -2.41. The van der Waals surface area contributed by atoms with E-state index in [0.29, 0.717) is 11.3 Å². The van der Waals surface area contributed by atoms with Crippen molar-refractivity contribution in [2.75, 3.05) is 12.4 Å². The molecule has 0 fully saturated rings. The third-order valence-corrected chi connectivity index (χ3v) is 3.33. The van der Waals surface area contributed by atoms with Crippen molar-refractivity contribution in [1.29, 1.82) is 0 Å². The van der Waals surface area contributed by atoms with Crippen LogP contribution in [0.15, 0.2) is 48.5 Å². The smallest absolute Gasteiger partial charge is 0.333 e. The summed E-state index contributed by atoms with van der Waals surface area (Å²) >= 11 is 0. The van der Waals surface area contributed by atoms with Crippen molar-refractivity contribution in [3.63, 3.8) is 0 Å². The SMILES string of the molecule is COc1ccccc1C(C)(Nc1ccccc1F)C(=O)O. The van der Waals surface area contributed by atoms with Gasteiger partial charge in [-0.2, -0.15) is 0 Å². The first-order chi connectivity index (χ1) is 9.99. The van der Waals surface area contributed by atoms with E-state index in [-0.39, 0.29) is 5.69 Å². The highest BCUT2D eigenvalue weighted by Crippen LogP contribution is 2.33. The van der Waals surface area contributed by atoms with Gasteiger partial charge in [-0.05, 0) is 25.1 Å². The Bertz CT molecular complexity index is 659. The average Bonchev–Trinajstić information content (AvgIpc) is 2.49. The highest BCUT2D eigenvalue weighted by atomic mass is 19.1. The van der Waals surface area contributed by atoms with Gasteiger partial charge in [-0.3, -0.25) is 0 Å². The summed E-state index contributed by atoms with van der Waals surface area (Å²) in [6, 6.07) is 12.7. The molecule has 0 aliphatic carbocycles. The Morgan fingerprint density at radius 1 is 1.19 bits per heavy atom. The van der Waals surface area contributed by atoms with Gasteiger partial charge in [-0.25, -0.2) is 9.18 Å². The fraction of sp³-hybridized carbons (Fsp3) is 0.188. The van der Waals surface area contributed by atoms with Crippen molar-refractivity contribution in [2.45, 2.75) is 12.5 Å². The molecule has 2 rings (SSSR count). The third-order valence-electron chi connectivity index (χ3n) is 3.33. The molecule has 2 N–H and O–H groups in total. The van der Waals surface area contributed by atoms with Crippen LogP contribution >= 0.6 is 0 Å². The summed E-state index contributed by atoms with van der Waals surface area (Å²) in [4.78, 5) is 11.8. The Hall–Kier alpha value is -2.56. The summed E-state index contributed by atoms with van der Waals surface area (Å²) in [7, 11) is 1.46. The fourth-order valence-electron chi connectivity index (χ4n) is 2.13.